The molecule has 1 aliphatic rings. The van der Waals surface area contributed by atoms with Gasteiger partial charge in [-0.15, -0.1) is 0 Å². The molecule has 2 nitrogen and oxygen atoms in total. The van der Waals surface area contributed by atoms with E-state index in [1.54, 1.807) is 0 Å². The lowest BCUT2D eigenvalue weighted by Gasteiger charge is -2.38. The van der Waals surface area contributed by atoms with Crippen molar-refractivity contribution in [1.29, 1.82) is 0 Å². The Balaban J connectivity index is 1.97. The summed E-state index contributed by atoms with van der Waals surface area (Å²) in [6.45, 7) is 6.61. The Morgan fingerprint density at radius 1 is 1.19 bits per heavy atom. The molecule has 110 valence electrons. The first-order chi connectivity index (χ1) is 9.98. The van der Waals surface area contributed by atoms with Crippen molar-refractivity contribution >= 4 is 16.7 Å². The molecule has 1 aliphatic carbocycles. The number of nitrogens with zero attached hydrogens (tertiary/aromatic N) is 1. The quantitative estimate of drug-likeness (QED) is 0.810. The lowest BCUT2D eigenvalue weighted by molar-refractivity contribution is -0.128. The van der Waals surface area contributed by atoms with Crippen LogP contribution < -0.4 is 0 Å². The molecule has 2 unspecified atom stereocenters. The van der Waals surface area contributed by atoms with Crippen molar-refractivity contribution in [3.05, 3.63) is 42.1 Å². The van der Waals surface area contributed by atoms with Crippen LogP contribution in [0.5, 0.6) is 0 Å². The third kappa shape index (κ3) is 2.59. The molecule has 0 bridgehead atoms. The van der Waals surface area contributed by atoms with Gasteiger partial charge in [0, 0.05) is 23.9 Å². The maximum absolute atomic E-state index is 12.5. The van der Waals surface area contributed by atoms with Crippen LogP contribution in [-0.4, -0.2) is 10.8 Å². The SMILES string of the molecule is CC1CCC(C(C)(C)c2ccc3ncccc3c2)C(=O)C1. The number of Topliss-reactive ketones (excluding diaryl/α,β-unsaturated/α-hetero) is 1. The topological polar surface area (TPSA) is 30.0 Å². The van der Waals surface area contributed by atoms with Crippen molar-refractivity contribution in [2.75, 3.05) is 0 Å². The van der Waals surface area contributed by atoms with Crippen LogP contribution in [-0.2, 0) is 10.2 Å². The zero-order chi connectivity index (χ0) is 15.0. The van der Waals surface area contributed by atoms with E-state index in [4.69, 9.17) is 0 Å². The van der Waals surface area contributed by atoms with Gasteiger partial charge >= 0.3 is 0 Å². The van der Waals surface area contributed by atoms with Crippen LogP contribution in [0, 0.1) is 11.8 Å². The molecule has 0 saturated heterocycles. The average molecular weight is 281 g/mol. The number of aromatic nitrogens is 1. The fraction of sp³-hybridized carbons (Fsp3) is 0.474. The van der Waals surface area contributed by atoms with Gasteiger partial charge in [0.15, 0.2) is 0 Å². The molecule has 1 fully saturated rings. The summed E-state index contributed by atoms with van der Waals surface area (Å²) in [7, 11) is 0. The Bertz CT molecular complexity index is 674. The molecule has 1 saturated carbocycles. The first-order valence-electron chi connectivity index (χ1n) is 7.86. The van der Waals surface area contributed by atoms with Gasteiger partial charge in [-0.05, 0) is 47.9 Å². The Morgan fingerprint density at radius 2 is 2.00 bits per heavy atom. The van der Waals surface area contributed by atoms with E-state index in [0.717, 1.165) is 30.2 Å². The molecule has 2 aromatic rings. The zero-order valence-electron chi connectivity index (χ0n) is 13.1. The molecule has 1 heterocycles. The second-order valence-corrected chi connectivity index (χ2v) is 7.04. The molecule has 3 rings (SSSR count). The van der Waals surface area contributed by atoms with Crippen molar-refractivity contribution in [2.45, 2.75) is 45.4 Å². The van der Waals surface area contributed by atoms with Gasteiger partial charge in [0.05, 0.1) is 5.52 Å². The van der Waals surface area contributed by atoms with Crippen LogP contribution in [0.25, 0.3) is 10.9 Å². The van der Waals surface area contributed by atoms with Gasteiger partial charge in [0.1, 0.15) is 5.78 Å². The maximum Gasteiger partial charge on any atom is 0.137 e. The van der Waals surface area contributed by atoms with Crippen LogP contribution in [0.4, 0.5) is 0 Å². The fourth-order valence-electron chi connectivity index (χ4n) is 3.64. The second-order valence-electron chi connectivity index (χ2n) is 7.04. The number of ketones is 1. The van der Waals surface area contributed by atoms with E-state index in [1.165, 1.54) is 5.56 Å². The van der Waals surface area contributed by atoms with Gasteiger partial charge in [-0.3, -0.25) is 9.78 Å². The number of carbonyl (C=O) groups excluding carboxylic acids is 1. The standard InChI is InChI=1S/C19H23NO/c1-13-6-8-16(18(21)11-13)19(2,3)15-7-9-17-14(12-15)5-4-10-20-17/h4-5,7,9-10,12-13,16H,6,8,11H2,1-3H3. The summed E-state index contributed by atoms with van der Waals surface area (Å²) in [6, 6.07) is 10.5. The number of fused-ring (bicyclic) bond motifs is 1. The fourth-order valence-corrected chi connectivity index (χ4v) is 3.64. The highest BCUT2D eigenvalue weighted by atomic mass is 16.1. The van der Waals surface area contributed by atoms with E-state index in [1.807, 2.05) is 12.3 Å². The molecule has 2 heteroatoms. The van der Waals surface area contributed by atoms with Gasteiger partial charge in [-0.25, -0.2) is 0 Å². The van der Waals surface area contributed by atoms with E-state index in [9.17, 15) is 4.79 Å². The molecule has 21 heavy (non-hydrogen) atoms. The van der Waals surface area contributed by atoms with Crippen LogP contribution in [0.3, 0.4) is 0 Å². The first kappa shape index (κ1) is 14.2. The van der Waals surface area contributed by atoms with Gasteiger partial charge in [-0.1, -0.05) is 32.9 Å². The van der Waals surface area contributed by atoms with Gasteiger partial charge in [0.2, 0.25) is 0 Å². The third-order valence-electron chi connectivity index (χ3n) is 5.10. The molecule has 0 aliphatic heterocycles. The van der Waals surface area contributed by atoms with E-state index in [2.05, 4.69) is 50.0 Å². The number of benzene rings is 1. The summed E-state index contributed by atoms with van der Waals surface area (Å²) in [5.41, 5.74) is 2.15. The summed E-state index contributed by atoms with van der Waals surface area (Å²) < 4.78 is 0. The summed E-state index contributed by atoms with van der Waals surface area (Å²) >= 11 is 0. The predicted molar refractivity (Wildman–Crippen MR) is 86.3 cm³/mol. The Hall–Kier alpha value is -1.70. The molecule has 0 spiro atoms. The molecule has 1 aromatic carbocycles. The van der Waals surface area contributed by atoms with E-state index in [0.29, 0.717) is 11.7 Å². The monoisotopic (exact) mass is 281 g/mol. The smallest absolute Gasteiger partial charge is 0.137 e. The molecule has 0 radical (unpaired) electrons. The number of hydrogen-bond acceptors (Lipinski definition) is 2. The van der Waals surface area contributed by atoms with Crippen LogP contribution >= 0.6 is 0 Å². The lowest BCUT2D eigenvalue weighted by atomic mass is 9.65. The maximum atomic E-state index is 12.5. The Labute approximate surface area is 126 Å². The largest absolute Gasteiger partial charge is 0.299 e. The molecular weight excluding hydrogens is 258 g/mol. The summed E-state index contributed by atoms with van der Waals surface area (Å²) in [5.74, 6) is 1.12. The van der Waals surface area contributed by atoms with E-state index in [-0.39, 0.29) is 11.3 Å². The highest BCUT2D eigenvalue weighted by molar-refractivity contribution is 5.84. The minimum atomic E-state index is -0.110. The van der Waals surface area contributed by atoms with E-state index < -0.39 is 0 Å². The molecule has 0 amide bonds. The van der Waals surface area contributed by atoms with Gasteiger partial charge in [-0.2, -0.15) is 0 Å². The minimum Gasteiger partial charge on any atom is -0.299 e. The normalized spacial score (nSPS) is 23.5. The first-order valence-corrected chi connectivity index (χ1v) is 7.86. The van der Waals surface area contributed by atoms with Gasteiger partial charge in [0.25, 0.3) is 0 Å². The number of hydrogen-bond donors (Lipinski definition) is 0. The van der Waals surface area contributed by atoms with Crippen molar-refractivity contribution in [3.63, 3.8) is 0 Å². The lowest BCUT2D eigenvalue weighted by Crippen LogP contribution is -2.38. The Morgan fingerprint density at radius 3 is 2.76 bits per heavy atom. The van der Waals surface area contributed by atoms with Crippen LogP contribution in [0.15, 0.2) is 36.5 Å². The van der Waals surface area contributed by atoms with Crippen molar-refractivity contribution in [3.8, 4) is 0 Å². The van der Waals surface area contributed by atoms with Crippen molar-refractivity contribution < 1.29 is 4.79 Å². The predicted octanol–water partition coefficient (Wildman–Crippen LogP) is 4.52. The molecule has 1 aromatic heterocycles. The molecular formula is C19H23NO. The minimum absolute atomic E-state index is 0.110. The number of rotatable bonds is 2. The third-order valence-corrected chi connectivity index (χ3v) is 5.10. The molecule has 2 atom stereocenters. The summed E-state index contributed by atoms with van der Waals surface area (Å²) in [6.07, 6.45) is 4.73. The summed E-state index contributed by atoms with van der Waals surface area (Å²) in [5, 5.41) is 1.15. The zero-order valence-corrected chi connectivity index (χ0v) is 13.1. The van der Waals surface area contributed by atoms with Gasteiger partial charge < -0.3 is 0 Å². The van der Waals surface area contributed by atoms with Crippen molar-refractivity contribution in [2.24, 2.45) is 11.8 Å². The Kier molecular flexibility index (Phi) is 3.56. The van der Waals surface area contributed by atoms with Crippen LogP contribution in [0.1, 0.15) is 45.6 Å². The summed E-state index contributed by atoms with van der Waals surface area (Å²) in [4.78, 5) is 16.9. The molecule has 0 N–H and O–H groups in total. The number of pyridine rings is 1. The second kappa shape index (κ2) is 5.25. The van der Waals surface area contributed by atoms with Crippen molar-refractivity contribution in [1.82, 2.24) is 4.98 Å². The highest BCUT2D eigenvalue weighted by Gasteiger charge is 2.39. The average Bonchev–Trinajstić information content (AvgIpc) is 2.46. The highest BCUT2D eigenvalue weighted by Crippen LogP contribution is 2.40. The van der Waals surface area contributed by atoms with E-state index >= 15 is 0 Å². The number of carbonyl (C=O) groups is 1. The van der Waals surface area contributed by atoms with Crippen LogP contribution in [0.2, 0.25) is 0 Å².